The Kier molecular flexibility index (Phi) is 3.58. The molecule has 0 radical (unpaired) electrons. The van der Waals surface area contributed by atoms with Gasteiger partial charge in [-0.05, 0) is 38.5 Å². The van der Waals surface area contributed by atoms with Gasteiger partial charge in [0.25, 0.3) is 0 Å². The first-order valence-electron chi connectivity index (χ1n) is 7.63. The topological polar surface area (TPSA) is 63.8 Å². The second kappa shape index (κ2) is 5.35. The molecule has 3 N–H and O–H groups in total. The van der Waals surface area contributed by atoms with E-state index in [2.05, 4.69) is 22.2 Å². The van der Waals surface area contributed by atoms with Crippen LogP contribution in [0.15, 0.2) is 6.07 Å². The highest BCUT2D eigenvalue weighted by Crippen LogP contribution is 2.38. The highest BCUT2D eigenvalue weighted by molar-refractivity contribution is 5.46. The molecular weight excluding hydrogens is 236 g/mol. The van der Waals surface area contributed by atoms with Crippen molar-refractivity contribution in [1.82, 2.24) is 9.97 Å². The van der Waals surface area contributed by atoms with Crippen LogP contribution in [0.3, 0.4) is 0 Å². The Morgan fingerprint density at radius 3 is 2.58 bits per heavy atom. The molecule has 2 saturated carbocycles. The third-order valence-corrected chi connectivity index (χ3v) is 4.44. The van der Waals surface area contributed by atoms with Gasteiger partial charge in [-0.2, -0.15) is 0 Å². The lowest BCUT2D eigenvalue weighted by molar-refractivity contribution is 0.328. The standard InChI is InChI=1S/C15H24N4/c1-10(11-5-3-2-4-6-11)17-14-9-13(16)18-15(19-14)12-7-8-12/h9-12H,2-8H2,1H3,(H3,16,17,18,19). The van der Waals surface area contributed by atoms with E-state index in [0.717, 1.165) is 17.6 Å². The van der Waals surface area contributed by atoms with Crippen LogP contribution in [0.2, 0.25) is 0 Å². The average Bonchev–Trinajstić information content (AvgIpc) is 3.23. The van der Waals surface area contributed by atoms with Crippen molar-refractivity contribution >= 4 is 11.6 Å². The molecule has 2 aliphatic rings. The molecule has 0 aliphatic heterocycles. The summed E-state index contributed by atoms with van der Waals surface area (Å²) in [4.78, 5) is 8.97. The third-order valence-electron chi connectivity index (χ3n) is 4.44. The summed E-state index contributed by atoms with van der Waals surface area (Å²) < 4.78 is 0. The first-order valence-corrected chi connectivity index (χ1v) is 7.63. The lowest BCUT2D eigenvalue weighted by Gasteiger charge is -2.28. The monoisotopic (exact) mass is 260 g/mol. The minimum atomic E-state index is 0.474. The molecule has 3 rings (SSSR count). The average molecular weight is 260 g/mol. The SMILES string of the molecule is CC(Nc1cc(N)nc(C2CC2)n1)C1CCCCC1. The second-order valence-corrected chi connectivity index (χ2v) is 6.14. The molecule has 1 atom stereocenters. The number of hydrogen-bond donors (Lipinski definition) is 2. The van der Waals surface area contributed by atoms with Crippen molar-refractivity contribution in [3.63, 3.8) is 0 Å². The Balaban J connectivity index is 1.67. The smallest absolute Gasteiger partial charge is 0.136 e. The van der Waals surface area contributed by atoms with Crippen LogP contribution in [0.4, 0.5) is 11.6 Å². The molecule has 4 nitrogen and oxygen atoms in total. The van der Waals surface area contributed by atoms with E-state index in [1.54, 1.807) is 0 Å². The maximum Gasteiger partial charge on any atom is 0.136 e. The number of rotatable bonds is 4. The summed E-state index contributed by atoms with van der Waals surface area (Å²) in [5, 5.41) is 3.54. The zero-order valence-electron chi connectivity index (χ0n) is 11.7. The molecular formula is C15H24N4. The maximum atomic E-state index is 5.89. The van der Waals surface area contributed by atoms with Crippen molar-refractivity contribution in [1.29, 1.82) is 0 Å². The normalized spacial score (nSPS) is 22.2. The van der Waals surface area contributed by atoms with Crippen molar-refractivity contribution < 1.29 is 0 Å². The maximum absolute atomic E-state index is 5.89. The van der Waals surface area contributed by atoms with Gasteiger partial charge in [0.1, 0.15) is 17.5 Å². The highest BCUT2D eigenvalue weighted by Gasteiger charge is 2.27. The Labute approximate surface area is 115 Å². The van der Waals surface area contributed by atoms with E-state index in [1.807, 2.05) is 6.07 Å². The van der Waals surface area contributed by atoms with Gasteiger partial charge in [0, 0.05) is 18.0 Å². The van der Waals surface area contributed by atoms with Crippen LogP contribution < -0.4 is 11.1 Å². The van der Waals surface area contributed by atoms with Crippen molar-refractivity contribution in [2.45, 2.75) is 63.8 Å². The van der Waals surface area contributed by atoms with Gasteiger partial charge in [0.05, 0.1) is 0 Å². The van der Waals surface area contributed by atoms with Crippen molar-refractivity contribution in [2.24, 2.45) is 5.92 Å². The van der Waals surface area contributed by atoms with E-state index in [0.29, 0.717) is 17.8 Å². The molecule has 1 aromatic rings. The van der Waals surface area contributed by atoms with Gasteiger partial charge >= 0.3 is 0 Å². The molecule has 1 aromatic heterocycles. The number of hydrogen-bond acceptors (Lipinski definition) is 4. The van der Waals surface area contributed by atoms with E-state index in [9.17, 15) is 0 Å². The fourth-order valence-corrected chi connectivity index (χ4v) is 3.07. The Hall–Kier alpha value is -1.32. The van der Waals surface area contributed by atoms with Gasteiger partial charge in [-0.3, -0.25) is 0 Å². The molecule has 0 saturated heterocycles. The number of aromatic nitrogens is 2. The number of nitrogens with zero attached hydrogens (tertiary/aromatic N) is 2. The van der Waals surface area contributed by atoms with Gasteiger partial charge in [0.2, 0.25) is 0 Å². The first kappa shape index (κ1) is 12.7. The summed E-state index contributed by atoms with van der Waals surface area (Å²) in [7, 11) is 0. The van der Waals surface area contributed by atoms with Crippen LogP contribution in [0.25, 0.3) is 0 Å². The second-order valence-electron chi connectivity index (χ2n) is 6.14. The van der Waals surface area contributed by atoms with E-state index < -0.39 is 0 Å². The molecule has 19 heavy (non-hydrogen) atoms. The van der Waals surface area contributed by atoms with E-state index in [4.69, 9.17) is 5.73 Å². The minimum absolute atomic E-state index is 0.474. The fourth-order valence-electron chi connectivity index (χ4n) is 3.07. The third kappa shape index (κ3) is 3.17. The molecule has 1 unspecified atom stereocenters. The molecule has 0 spiro atoms. The van der Waals surface area contributed by atoms with Crippen LogP contribution in [0.1, 0.15) is 63.6 Å². The van der Waals surface area contributed by atoms with Crippen molar-refractivity contribution in [2.75, 3.05) is 11.1 Å². The summed E-state index contributed by atoms with van der Waals surface area (Å²) in [6.07, 6.45) is 9.23. The molecule has 0 aromatic carbocycles. The van der Waals surface area contributed by atoms with E-state index in [-0.39, 0.29) is 0 Å². The summed E-state index contributed by atoms with van der Waals surface area (Å²) in [5.74, 6) is 3.75. The van der Waals surface area contributed by atoms with Gasteiger partial charge < -0.3 is 11.1 Å². The molecule has 0 bridgehead atoms. The Bertz CT molecular complexity index is 436. The Morgan fingerprint density at radius 1 is 1.16 bits per heavy atom. The molecule has 4 heteroatoms. The first-order chi connectivity index (χ1) is 9.22. The summed E-state index contributed by atoms with van der Waals surface area (Å²) in [6, 6.07) is 2.34. The molecule has 104 valence electrons. The predicted octanol–water partition coefficient (Wildman–Crippen LogP) is 3.32. The van der Waals surface area contributed by atoms with Crippen LogP contribution in [-0.2, 0) is 0 Å². The van der Waals surface area contributed by atoms with Gasteiger partial charge in [-0.1, -0.05) is 19.3 Å². The number of nitrogens with two attached hydrogens (primary N) is 1. The Morgan fingerprint density at radius 2 is 1.89 bits per heavy atom. The molecule has 0 amide bonds. The molecule has 2 fully saturated rings. The molecule has 2 aliphatic carbocycles. The minimum Gasteiger partial charge on any atom is -0.384 e. The lowest BCUT2D eigenvalue weighted by atomic mass is 9.84. The van der Waals surface area contributed by atoms with Crippen LogP contribution in [0.5, 0.6) is 0 Å². The van der Waals surface area contributed by atoms with Crippen LogP contribution >= 0.6 is 0 Å². The van der Waals surface area contributed by atoms with Crippen LogP contribution in [0, 0.1) is 5.92 Å². The van der Waals surface area contributed by atoms with Crippen LogP contribution in [-0.4, -0.2) is 16.0 Å². The van der Waals surface area contributed by atoms with E-state index >= 15 is 0 Å². The van der Waals surface area contributed by atoms with E-state index in [1.165, 1.54) is 44.9 Å². The van der Waals surface area contributed by atoms with Gasteiger partial charge in [-0.15, -0.1) is 0 Å². The zero-order chi connectivity index (χ0) is 13.2. The quantitative estimate of drug-likeness (QED) is 0.871. The molecule has 1 heterocycles. The predicted molar refractivity (Wildman–Crippen MR) is 78.1 cm³/mol. The number of anilines is 2. The zero-order valence-corrected chi connectivity index (χ0v) is 11.7. The van der Waals surface area contributed by atoms with Crippen molar-refractivity contribution in [3.8, 4) is 0 Å². The number of nitrogen functional groups attached to an aromatic ring is 1. The highest BCUT2D eigenvalue weighted by atomic mass is 15.1. The summed E-state index contributed by atoms with van der Waals surface area (Å²) in [5.41, 5.74) is 5.89. The largest absolute Gasteiger partial charge is 0.384 e. The van der Waals surface area contributed by atoms with Gasteiger partial charge in [-0.25, -0.2) is 9.97 Å². The fraction of sp³-hybridized carbons (Fsp3) is 0.733. The van der Waals surface area contributed by atoms with Gasteiger partial charge in [0.15, 0.2) is 0 Å². The lowest BCUT2D eigenvalue weighted by Crippen LogP contribution is -2.28. The summed E-state index contributed by atoms with van der Waals surface area (Å²) in [6.45, 7) is 2.27. The summed E-state index contributed by atoms with van der Waals surface area (Å²) >= 11 is 0. The van der Waals surface area contributed by atoms with Crippen molar-refractivity contribution in [3.05, 3.63) is 11.9 Å². The number of nitrogens with one attached hydrogen (secondary N) is 1.